The number of nitrogens with zero attached hydrogens (tertiary/aromatic N) is 1. The van der Waals surface area contributed by atoms with Crippen molar-refractivity contribution in [2.45, 2.75) is 18.8 Å². The average Bonchev–Trinajstić information content (AvgIpc) is 2.27. The average molecular weight is 251 g/mol. The highest BCUT2D eigenvalue weighted by molar-refractivity contribution is 5.72. The van der Waals surface area contributed by atoms with Crippen molar-refractivity contribution in [1.82, 2.24) is 0 Å². The lowest BCUT2D eigenvalue weighted by Crippen LogP contribution is -2.12. The molecule has 0 heterocycles. The molecular weight excluding hydrogens is 234 g/mol. The van der Waals surface area contributed by atoms with E-state index in [1.54, 1.807) is 12.1 Å². The van der Waals surface area contributed by atoms with Crippen molar-refractivity contribution in [2.24, 2.45) is 0 Å². The van der Waals surface area contributed by atoms with Crippen LogP contribution in [-0.4, -0.2) is 36.2 Å². The van der Waals surface area contributed by atoms with Crippen LogP contribution in [0.2, 0.25) is 0 Å². The smallest absolute Gasteiger partial charge is 0.303 e. The molecule has 0 spiro atoms. The van der Waals surface area contributed by atoms with Crippen LogP contribution < -0.4 is 4.90 Å². The lowest BCUT2D eigenvalue weighted by atomic mass is 9.92. The van der Waals surface area contributed by atoms with E-state index < -0.39 is 17.9 Å². The second kappa shape index (κ2) is 6.05. The summed E-state index contributed by atoms with van der Waals surface area (Å²) in [6, 6.07) is 7.27. The molecule has 1 rings (SSSR count). The van der Waals surface area contributed by atoms with E-state index in [0.717, 1.165) is 11.3 Å². The van der Waals surface area contributed by atoms with Crippen molar-refractivity contribution < 1.29 is 19.8 Å². The van der Waals surface area contributed by atoms with Crippen LogP contribution in [0.1, 0.15) is 24.3 Å². The van der Waals surface area contributed by atoms with Gasteiger partial charge in [0.1, 0.15) is 0 Å². The Bertz CT molecular complexity index is 409. The predicted octanol–water partition coefficient (Wildman–Crippen LogP) is 1.79. The molecule has 0 aliphatic rings. The Morgan fingerprint density at radius 3 is 1.83 bits per heavy atom. The second-order valence-electron chi connectivity index (χ2n) is 4.38. The van der Waals surface area contributed by atoms with Gasteiger partial charge in [0.2, 0.25) is 0 Å². The van der Waals surface area contributed by atoms with Gasteiger partial charge in [-0.3, -0.25) is 9.59 Å². The van der Waals surface area contributed by atoms with Crippen LogP contribution in [0.4, 0.5) is 5.69 Å². The minimum absolute atomic E-state index is 0.173. The van der Waals surface area contributed by atoms with Crippen molar-refractivity contribution >= 4 is 17.6 Å². The molecule has 0 amide bonds. The number of carbonyl (C=O) groups is 2. The van der Waals surface area contributed by atoms with Crippen LogP contribution >= 0.6 is 0 Å². The van der Waals surface area contributed by atoms with Crippen molar-refractivity contribution in [3.05, 3.63) is 29.8 Å². The van der Waals surface area contributed by atoms with Gasteiger partial charge in [-0.25, -0.2) is 0 Å². The van der Waals surface area contributed by atoms with Gasteiger partial charge < -0.3 is 15.1 Å². The zero-order valence-electron chi connectivity index (χ0n) is 10.5. The van der Waals surface area contributed by atoms with Gasteiger partial charge in [-0.05, 0) is 17.7 Å². The Morgan fingerprint density at radius 1 is 1.06 bits per heavy atom. The molecule has 5 heteroatoms. The molecule has 0 fully saturated rings. The van der Waals surface area contributed by atoms with Crippen LogP contribution in [0.15, 0.2) is 24.3 Å². The maximum absolute atomic E-state index is 10.7. The first kappa shape index (κ1) is 14.0. The fourth-order valence-corrected chi connectivity index (χ4v) is 1.77. The molecular formula is C13H17NO4. The van der Waals surface area contributed by atoms with Gasteiger partial charge in [0.25, 0.3) is 0 Å². The normalized spacial score (nSPS) is 10.4. The van der Waals surface area contributed by atoms with E-state index in [4.69, 9.17) is 10.2 Å². The summed E-state index contributed by atoms with van der Waals surface area (Å²) < 4.78 is 0. The highest BCUT2D eigenvalue weighted by Gasteiger charge is 2.18. The van der Waals surface area contributed by atoms with E-state index in [2.05, 4.69) is 0 Å². The third-order valence-electron chi connectivity index (χ3n) is 2.72. The molecule has 5 nitrogen and oxygen atoms in total. The van der Waals surface area contributed by atoms with Crippen molar-refractivity contribution in [3.63, 3.8) is 0 Å². The maximum atomic E-state index is 10.7. The molecule has 2 N–H and O–H groups in total. The first-order chi connectivity index (χ1) is 8.40. The van der Waals surface area contributed by atoms with Crippen molar-refractivity contribution in [1.29, 1.82) is 0 Å². The Balaban J connectivity index is 2.90. The molecule has 0 bridgehead atoms. The molecule has 1 aromatic rings. The van der Waals surface area contributed by atoms with Gasteiger partial charge in [0.05, 0.1) is 12.8 Å². The molecule has 98 valence electrons. The van der Waals surface area contributed by atoms with E-state index in [-0.39, 0.29) is 12.8 Å². The lowest BCUT2D eigenvalue weighted by Gasteiger charge is -2.16. The van der Waals surface area contributed by atoms with Crippen LogP contribution in [0.5, 0.6) is 0 Å². The highest BCUT2D eigenvalue weighted by Crippen LogP contribution is 2.25. The molecule has 0 aliphatic carbocycles. The summed E-state index contributed by atoms with van der Waals surface area (Å²) in [7, 11) is 3.81. The topological polar surface area (TPSA) is 77.8 Å². The third kappa shape index (κ3) is 4.08. The number of anilines is 1. The zero-order valence-corrected chi connectivity index (χ0v) is 10.5. The van der Waals surface area contributed by atoms with E-state index in [1.165, 1.54) is 0 Å². The summed E-state index contributed by atoms with van der Waals surface area (Å²) in [4.78, 5) is 23.4. The van der Waals surface area contributed by atoms with Gasteiger partial charge in [-0.2, -0.15) is 0 Å². The number of carboxylic acid groups (broad SMARTS) is 2. The Morgan fingerprint density at radius 2 is 1.50 bits per heavy atom. The molecule has 18 heavy (non-hydrogen) atoms. The molecule has 0 radical (unpaired) electrons. The summed E-state index contributed by atoms with van der Waals surface area (Å²) in [5.74, 6) is -2.47. The fraction of sp³-hybridized carbons (Fsp3) is 0.385. The molecule has 0 atom stereocenters. The minimum Gasteiger partial charge on any atom is -0.481 e. The molecule has 0 saturated heterocycles. The standard InChI is InChI=1S/C13H17NO4/c1-14(2)11-5-3-9(4-6-11)10(7-12(15)16)8-13(17)18/h3-6,10H,7-8H2,1-2H3,(H,15,16)(H,17,18). The number of carboxylic acids is 2. The van der Waals surface area contributed by atoms with Crippen LogP contribution in [0.3, 0.4) is 0 Å². The highest BCUT2D eigenvalue weighted by atomic mass is 16.4. The SMILES string of the molecule is CN(C)c1ccc(C(CC(=O)O)CC(=O)O)cc1. The van der Waals surface area contributed by atoms with Crippen LogP contribution in [0.25, 0.3) is 0 Å². The Labute approximate surface area is 106 Å². The van der Waals surface area contributed by atoms with Gasteiger partial charge in [0, 0.05) is 25.7 Å². The van der Waals surface area contributed by atoms with E-state index >= 15 is 0 Å². The number of rotatable bonds is 6. The molecule has 0 saturated carbocycles. The summed E-state index contributed by atoms with van der Waals surface area (Å²) in [5, 5.41) is 17.6. The second-order valence-corrected chi connectivity index (χ2v) is 4.38. The quantitative estimate of drug-likeness (QED) is 0.805. The number of benzene rings is 1. The summed E-state index contributed by atoms with van der Waals surface area (Å²) in [5.41, 5.74) is 1.73. The van der Waals surface area contributed by atoms with Crippen molar-refractivity contribution in [2.75, 3.05) is 19.0 Å². The Kier molecular flexibility index (Phi) is 4.71. The minimum atomic E-state index is -0.988. The van der Waals surface area contributed by atoms with Crippen LogP contribution in [-0.2, 0) is 9.59 Å². The molecule has 1 aromatic carbocycles. The summed E-state index contributed by atoms with van der Waals surface area (Å²) in [6.07, 6.45) is -0.346. The number of hydrogen-bond acceptors (Lipinski definition) is 3. The number of hydrogen-bond donors (Lipinski definition) is 2. The van der Waals surface area contributed by atoms with E-state index in [1.807, 2.05) is 31.1 Å². The largest absolute Gasteiger partial charge is 0.481 e. The van der Waals surface area contributed by atoms with Gasteiger partial charge in [-0.1, -0.05) is 12.1 Å². The molecule has 0 aliphatic heterocycles. The van der Waals surface area contributed by atoms with Crippen LogP contribution in [0, 0.1) is 0 Å². The van der Waals surface area contributed by atoms with Gasteiger partial charge in [0.15, 0.2) is 0 Å². The first-order valence-electron chi connectivity index (χ1n) is 5.61. The monoisotopic (exact) mass is 251 g/mol. The molecule has 0 unspecified atom stereocenters. The fourth-order valence-electron chi connectivity index (χ4n) is 1.77. The van der Waals surface area contributed by atoms with E-state index in [0.29, 0.717) is 0 Å². The molecule has 0 aromatic heterocycles. The maximum Gasteiger partial charge on any atom is 0.303 e. The summed E-state index contributed by atoms with van der Waals surface area (Å²) >= 11 is 0. The van der Waals surface area contributed by atoms with Gasteiger partial charge >= 0.3 is 11.9 Å². The lowest BCUT2D eigenvalue weighted by molar-refractivity contribution is -0.139. The first-order valence-corrected chi connectivity index (χ1v) is 5.61. The zero-order chi connectivity index (χ0) is 13.7. The predicted molar refractivity (Wildman–Crippen MR) is 68.0 cm³/mol. The van der Waals surface area contributed by atoms with E-state index in [9.17, 15) is 9.59 Å². The van der Waals surface area contributed by atoms with Crippen molar-refractivity contribution in [3.8, 4) is 0 Å². The number of aliphatic carboxylic acids is 2. The van der Waals surface area contributed by atoms with Gasteiger partial charge in [-0.15, -0.1) is 0 Å². The Hall–Kier alpha value is -2.04. The summed E-state index contributed by atoms with van der Waals surface area (Å²) in [6.45, 7) is 0. The third-order valence-corrected chi connectivity index (χ3v) is 2.72.